The van der Waals surface area contributed by atoms with Crippen molar-refractivity contribution in [3.8, 4) is 5.75 Å². The van der Waals surface area contributed by atoms with Crippen LogP contribution in [-0.4, -0.2) is 18.6 Å². The number of fused-ring (bicyclic) bond motifs is 1. The maximum atomic E-state index is 11.8. The fourth-order valence-corrected chi connectivity index (χ4v) is 4.39. The van der Waals surface area contributed by atoms with Gasteiger partial charge in [0, 0.05) is 29.3 Å². The van der Waals surface area contributed by atoms with Crippen molar-refractivity contribution in [3.63, 3.8) is 0 Å². The van der Waals surface area contributed by atoms with Gasteiger partial charge in [0.05, 0.1) is 13.2 Å². The van der Waals surface area contributed by atoms with Gasteiger partial charge in [-0.3, -0.25) is 9.59 Å². The minimum absolute atomic E-state index is 0.0241. The van der Waals surface area contributed by atoms with Gasteiger partial charge < -0.3 is 26.1 Å². The lowest BCUT2D eigenvalue weighted by molar-refractivity contribution is 0.414. The summed E-state index contributed by atoms with van der Waals surface area (Å²) in [6, 6.07) is 23.9. The summed E-state index contributed by atoms with van der Waals surface area (Å²) in [5.74, 6) is 0.789. The zero-order valence-electron chi connectivity index (χ0n) is 19.3. The van der Waals surface area contributed by atoms with Crippen molar-refractivity contribution in [2.45, 2.75) is 12.5 Å². The summed E-state index contributed by atoms with van der Waals surface area (Å²) in [4.78, 5) is 26.7. The molecule has 0 bridgehead atoms. The van der Waals surface area contributed by atoms with Crippen LogP contribution in [0.15, 0.2) is 88.6 Å². The van der Waals surface area contributed by atoms with Crippen molar-refractivity contribution in [1.82, 2.24) is 10.3 Å². The standard InChI is InChI=1S/C28H26N4O3/c1-35-21-11-9-17(10-12-21)25(30-14-13-19-16-31-23-8-3-2-7-22(19)23)18-5-4-6-20(15-18)32-26-24(29)27(33)28(26)34/h2-12,15-16,25,30-32H,13-14,29H2,1H3. The molecule has 1 atom stereocenters. The van der Waals surface area contributed by atoms with E-state index in [-0.39, 0.29) is 17.4 Å². The molecule has 35 heavy (non-hydrogen) atoms. The molecule has 7 heteroatoms. The van der Waals surface area contributed by atoms with Crippen LogP contribution >= 0.6 is 0 Å². The Hall–Kier alpha value is -4.36. The number of H-pyrrole nitrogens is 1. The summed E-state index contributed by atoms with van der Waals surface area (Å²) in [7, 11) is 1.65. The third-order valence-corrected chi connectivity index (χ3v) is 6.30. The van der Waals surface area contributed by atoms with Crippen LogP contribution in [0.2, 0.25) is 0 Å². The number of hydrogen-bond acceptors (Lipinski definition) is 6. The van der Waals surface area contributed by atoms with Crippen LogP contribution in [0.3, 0.4) is 0 Å². The highest BCUT2D eigenvalue weighted by molar-refractivity contribution is 5.83. The maximum absolute atomic E-state index is 11.8. The number of nitrogens with two attached hydrogens (primary N) is 1. The largest absolute Gasteiger partial charge is 0.497 e. The monoisotopic (exact) mass is 466 g/mol. The molecular weight excluding hydrogens is 440 g/mol. The Labute approximate surface area is 202 Å². The van der Waals surface area contributed by atoms with Gasteiger partial charge >= 0.3 is 0 Å². The van der Waals surface area contributed by atoms with Crippen molar-refractivity contribution in [2.24, 2.45) is 0 Å². The molecule has 0 aliphatic carbocycles. The van der Waals surface area contributed by atoms with Gasteiger partial charge in [0.25, 0.3) is 10.9 Å². The van der Waals surface area contributed by atoms with Gasteiger partial charge in [-0.05, 0) is 53.4 Å². The second kappa shape index (κ2) is 9.48. The predicted octanol–water partition coefficient (Wildman–Crippen LogP) is 4.02. The number of nitrogen functional groups attached to an aromatic ring is 1. The summed E-state index contributed by atoms with van der Waals surface area (Å²) in [6.07, 6.45) is 2.92. The van der Waals surface area contributed by atoms with E-state index in [1.807, 2.05) is 60.7 Å². The molecule has 0 spiro atoms. The average Bonchev–Trinajstić information content (AvgIpc) is 3.32. The summed E-state index contributed by atoms with van der Waals surface area (Å²) in [5.41, 5.74) is 9.76. The lowest BCUT2D eigenvalue weighted by atomic mass is 9.97. The van der Waals surface area contributed by atoms with Gasteiger partial charge in [-0.2, -0.15) is 0 Å². The number of aromatic amines is 1. The molecule has 0 saturated carbocycles. The third kappa shape index (κ3) is 4.41. The Bertz CT molecular complexity index is 1550. The number of ether oxygens (including phenoxy) is 1. The van der Waals surface area contributed by atoms with Gasteiger partial charge in [0.15, 0.2) is 0 Å². The molecule has 176 valence electrons. The number of aromatic nitrogens is 1. The number of para-hydroxylation sites is 1. The molecule has 0 fully saturated rings. The van der Waals surface area contributed by atoms with E-state index >= 15 is 0 Å². The Morgan fingerprint density at radius 2 is 1.74 bits per heavy atom. The van der Waals surface area contributed by atoms with E-state index in [4.69, 9.17) is 10.5 Å². The fourth-order valence-electron chi connectivity index (χ4n) is 4.39. The molecule has 5 N–H and O–H groups in total. The Balaban J connectivity index is 1.40. The lowest BCUT2D eigenvalue weighted by Gasteiger charge is -2.21. The third-order valence-electron chi connectivity index (χ3n) is 6.30. The van der Waals surface area contributed by atoms with E-state index < -0.39 is 10.9 Å². The summed E-state index contributed by atoms with van der Waals surface area (Å²) >= 11 is 0. The molecule has 0 amide bonds. The molecule has 5 rings (SSSR count). The molecule has 7 nitrogen and oxygen atoms in total. The van der Waals surface area contributed by atoms with E-state index in [0.717, 1.165) is 35.4 Å². The normalized spacial score (nSPS) is 12.1. The predicted molar refractivity (Wildman–Crippen MR) is 140 cm³/mol. The summed E-state index contributed by atoms with van der Waals surface area (Å²) < 4.78 is 5.33. The minimum Gasteiger partial charge on any atom is -0.497 e. The van der Waals surface area contributed by atoms with Crippen LogP contribution in [0.1, 0.15) is 22.7 Å². The van der Waals surface area contributed by atoms with Crippen molar-refractivity contribution >= 4 is 28.0 Å². The Morgan fingerprint density at radius 1 is 0.943 bits per heavy atom. The zero-order valence-corrected chi connectivity index (χ0v) is 19.3. The molecular formula is C28H26N4O3. The highest BCUT2D eigenvalue weighted by Gasteiger charge is 2.19. The minimum atomic E-state index is -0.640. The number of anilines is 3. The molecule has 1 unspecified atom stereocenters. The van der Waals surface area contributed by atoms with Gasteiger partial charge in [-0.1, -0.05) is 42.5 Å². The SMILES string of the molecule is COc1ccc(C(NCCc2c[nH]c3ccccc23)c2cccc(Nc3c(N)c(=O)c3=O)c2)cc1. The number of rotatable bonds is 9. The van der Waals surface area contributed by atoms with E-state index in [9.17, 15) is 9.59 Å². The quantitative estimate of drug-likeness (QED) is 0.244. The maximum Gasteiger partial charge on any atom is 0.253 e. The first-order chi connectivity index (χ1) is 17.0. The highest BCUT2D eigenvalue weighted by Crippen LogP contribution is 2.28. The van der Waals surface area contributed by atoms with Crippen molar-refractivity contribution in [1.29, 1.82) is 0 Å². The van der Waals surface area contributed by atoms with Gasteiger partial charge in [0.1, 0.15) is 17.1 Å². The molecule has 5 aromatic rings. The van der Waals surface area contributed by atoms with Crippen LogP contribution in [0.5, 0.6) is 5.75 Å². The number of benzene rings is 3. The van der Waals surface area contributed by atoms with Crippen LogP contribution in [0.4, 0.5) is 17.1 Å². The fraction of sp³-hybridized carbons (Fsp3) is 0.143. The molecule has 0 radical (unpaired) electrons. The molecule has 0 saturated heterocycles. The van der Waals surface area contributed by atoms with Crippen molar-refractivity contribution in [2.75, 3.05) is 24.7 Å². The molecule has 1 heterocycles. The average molecular weight is 467 g/mol. The second-order valence-electron chi connectivity index (χ2n) is 8.47. The van der Waals surface area contributed by atoms with E-state index in [2.05, 4.69) is 33.9 Å². The van der Waals surface area contributed by atoms with Gasteiger partial charge in [0.2, 0.25) is 0 Å². The van der Waals surface area contributed by atoms with Crippen LogP contribution < -0.4 is 32.0 Å². The van der Waals surface area contributed by atoms with Crippen LogP contribution in [-0.2, 0) is 6.42 Å². The number of methoxy groups -OCH3 is 1. The van der Waals surface area contributed by atoms with Crippen LogP contribution in [0, 0.1) is 0 Å². The van der Waals surface area contributed by atoms with Crippen LogP contribution in [0.25, 0.3) is 10.9 Å². The van der Waals surface area contributed by atoms with E-state index in [1.54, 1.807) is 7.11 Å². The topological polar surface area (TPSA) is 109 Å². The smallest absolute Gasteiger partial charge is 0.253 e. The Kier molecular flexibility index (Phi) is 6.08. The highest BCUT2D eigenvalue weighted by atomic mass is 16.5. The summed E-state index contributed by atoms with van der Waals surface area (Å²) in [6.45, 7) is 0.751. The lowest BCUT2D eigenvalue weighted by Crippen LogP contribution is -2.36. The number of hydrogen-bond donors (Lipinski definition) is 4. The second-order valence-corrected chi connectivity index (χ2v) is 8.47. The van der Waals surface area contributed by atoms with Gasteiger partial charge in [-0.15, -0.1) is 0 Å². The molecule has 1 aromatic heterocycles. The Morgan fingerprint density at radius 3 is 2.51 bits per heavy atom. The zero-order chi connectivity index (χ0) is 24.4. The first-order valence-corrected chi connectivity index (χ1v) is 11.4. The number of nitrogens with one attached hydrogen (secondary N) is 3. The van der Waals surface area contributed by atoms with E-state index in [1.165, 1.54) is 10.9 Å². The molecule has 0 aliphatic heterocycles. The summed E-state index contributed by atoms with van der Waals surface area (Å²) in [5, 5.41) is 7.92. The van der Waals surface area contributed by atoms with Crippen molar-refractivity contribution in [3.05, 3.63) is 116 Å². The van der Waals surface area contributed by atoms with Crippen molar-refractivity contribution < 1.29 is 4.74 Å². The first-order valence-electron chi connectivity index (χ1n) is 11.4. The molecule has 0 aliphatic rings. The van der Waals surface area contributed by atoms with Gasteiger partial charge in [-0.25, -0.2) is 0 Å². The molecule has 4 aromatic carbocycles. The first kappa shape index (κ1) is 22.4. The van der Waals surface area contributed by atoms with E-state index in [0.29, 0.717) is 5.69 Å².